The highest BCUT2D eigenvalue weighted by atomic mass is 32.2. The van der Waals surface area contributed by atoms with E-state index in [9.17, 15) is 26.8 Å². The summed E-state index contributed by atoms with van der Waals surface area (Å²) in [5.74, 6) is -3.31. The minimum Gasteiger partial charge on any atom is -0.282 e. The highest BCUT2D eigenvalue weighted by Gasteiger charge is 2.46. The maximum absolute atomic E-state index is 13.1. The number of carbonyl (C=O) groups is 2. The van der Waals surface area contributed by atoms with Crippen LogP contribution in [-0.4, -0.2) is 55.4 Å². The first-order chi connectivity index (χ1) is 10.1. The number of urea groups is 1. The van der Waals surface area contributed by atoms with Crippen LogP contribution in [0.25, 0.3) is 0 Å². The maximum Gasteiger partial charge on any atom is 0.500 e. The van der Waals surface area contributed by atoms with E-state index in [0.29, 0.717) is 11.0 Å². The van der Waals surface area contributed by atoms with Gasteiger partial charge in [-0.15, -0.1) is 0 Å². The molecular weight excluding hydrogens is 320 g/mol. The Morgan fingerprint density at radius 3 is 2.45 bits per heavy atom. The molecule has 10 heteroatoms. The van der Waals surface area contributed by atoms with Gasteiger partial charge in [0.15, 0.2) is 11.6 Å². The van der Waals surface area contributed by atoms with E-state index in [1.807, 2.05) is 4.72 Å². The third kappa shape index (κ3) is 2.82. The second kappa shape index (κ2) is 5.44. The molecule has 7 nitrogen and oxygen atoms in total. The Labute approximate surface area is 124 Å². The zero-order valence-corrected chi connectivity index (χ0v) is 12.4. The van der Waals surface area contributed by atoms with Crippen LogP contribution >= 0.6 is 0 Å². The molecule has 1 aliphatic rings. The molecule has 0 radical (unpaired) electrons. The van der Waals surface area contributed by atoms with Gasteiger partial charge in [-0.1, -0.05) is 0 Å². The van der Waals surface area contributed by atoms with Crippen molar-refractivity contribution in [3.05, 3.63) is 29.8 Å². The van der Waals surface area contributed by atoms with Gasteiger partial charge in [0.05, 0.1) is 19.8 Å². The number of hydrogen-bond donors (Lipinski definition) is 1. The number of carbonyl (C=O) groups excluding carboxylic acids is 2. The molecule has 3 amide bonds. The van der Waals surface area contributed by atoms with Crippen molar-refractivity contribution in [3.63, 3.8) is 0 Å². The van der Waals surface area contributed by atoms with Crippen molar-refractivity contribution in [2.24, 2.45) is 0 Å². The molecule has 0 bridgehead atoms. The summed E-state index contributed by atoms with van der Waals surface area (Å²) in [6.45, 7) is 0. The Kier molecular flexibility index (Phi) is 3.96. The molecule has 1 unspecified atom stereocenters. The average Bonchev–Trinajstić information content (AvgIpc) is 2.44. The molecule has 1 atom stereocenters. The maximum atomic E-state index is 13.1. The predicted octanol–water partition coefficient (Wildman–Crippen LogP) is 0.380. The molecule has 0 saturated heterocycles. The number of rotatable bonds is 3. The van der Waals surface area contributed by atoms with Crippen LogP contribution in [0.3, 0.4) is 0 Å². The average molecular weight is 332 g/mol. The number of nitrogens with zero attached hydrogens (tertiary/aromatic N) is 2. The predicted molar refractivity (Wildman–Crippen MR) is 73.1 cm³/mol. The monoisotopic (exact) mass is 332 g/mol. The highest BCUT2D eigenvalue weighted by Crippen LogP contribution is 2.17. The van der Waals surface area contributed by atoms with E-state index in [0.717, 1.165) is 30.0 Å². The number of hydrogen-bond acceptors (Lipinski definition) is 4. The molecule has 2 rings (SSSR count). The van der Waals surface area contributed by atoms with Crippen LogP contribution in [0.5, 0.6) is 0 Å². The number of anilines is 1. The van der Waals surface area contributed by atoms with Crippen molar-refractivity contribution < 1.29 is 31.4 Å². The second-order valence-electron chi connectivity index (χ2n) is 4.64. The third-order valence-corrected chi connectivity index (χ3v) is 4.55. The number of halogens is 2. The highest BCUT2D eigenvalue weighted by molar-refractivity contribution is 7.94. The third-order valence-electron chi connectivity index (χ3n) is 3.04. The van der Waals surface area contributed by atoms with Gasteiger partial charge in [-0.05, 0) is 12.1 Å². The van der Waals surface area contributed by atoms with Crippen molar-refractivity contribution in [1.29, 1.82) is 0 Å². The SMILES string of the molecule is CN1C(=O)C(S(=O)(=O)Nc2ccc(F)c(F)c2)C=[N+](C)C1=O. The molecule has 118 valence electrons. The van der Waals surface area contributed by atoms with E-state index in [4.69, 9.17) is 0 Å². The molecule has 1 aromatic rings. The summed E-state index contributed by atoms with van der Waals surface area (Å²) in [5.41, 5.74) is -0.234. The largest absolute Gasteiger partial charge is 0.500 e. The van der Waals surface area contributed by atoms with Gasteiger partial charge in [-0.3, -0.25) is 4.72 Å². The summed E-state index contributed by atoms with van der Waals surface area (Å²) in [6.07, 6.45) is 0.937. The quantitative estimate of drug-likeness (QED) is 0.811. The van der Waals surface area contributed by atoms with Gasteiger partial charge in [0.2, 0.25) is 5.25 Å². The summed E-state index contributed by atoms with van der Waals surface area (Å²) in [7, 11) is -1.84. The molecule has 1 N–H and O–H groups in total. The summed E-state index contributed by atoms with van der Waals surface area (Å²) in [4.78, 5) is 24.1. The zero-order chi connectivity index (χ0) is 16.7. The van der Waals surface area contributed by atoms with Gasteiger partial charge in [0, 0.05) is 6.07 Å². The fourth-order valence-corrected chi connectivity index (χ4v) is 3.20. The Morgan fingerprint density at radius 2 is 1.86 bits per heavy atom. The van der Waals surface area contributed by atoms with Gasteiger partial charge in [-0.2, -0.15) is 9.69 Å². The lowest BCUT2D eigenvalue weighted by molar-refractivity contribution is -0.399. The summed E-state index contributed by atoms with van der Waals surface area (Å²) in [6, 6.07) is 1.74. The number of sulfonamides is 1. The molecule has 0 fully saturated rings. The molecule has 0 saturated carbocycles. The van der Waals surface area contributed by atoms with Gasteiger partial charge in [0.1, 0.15) is 6.21 Å². The zero-order valence-electron chi connectivity index (χ0n) is 11.6. The normalized spacial score (nSPS) is 19.2. The smallest absolute Gasteiger partial charge is 0.282 e. The van der Waals surface area contributed by atoms with Crippen molar-refractivity contribution in [1.82, 2.24) is 4.90 Å². The molecule has 22 heavy (non-hydrogen) atoms. The minimum atomic E-state index is -4.28. The van der Waals surface area contributed by atoms with Crippen LogP contribution in [0.1, 0.15) is 0 Å². The van der Waals surface area contributed by atoms with Crippen LogP contribution in [0.2, 0.25) is 0 Å². The van der Waals surface area contributed by atoms with Gasteiger partial charge < -0.3 is 0 Å². The molecular formula is C12H12F2N3O4S+. The fraction of sp³-hybridized carbons (Fsp3) is 0.250. The van der Waals surface area contributed by atoms with E-state index in [-0.39, 0.29) is 5.69 Å². The first kappa shape index (κ1) is 16.0. The van der Waals surface area contributed by atoms with E-state index >= 15 is 0 Å². The van der Waals surface area contributed by atoms with Crippen molar-refractivity contribution >= 4 is 33.9 Å². The van der Waals surface area contributed by atoms with Gasteiger partial charge >= 0.3 is 11.9 Å². The van der Waals surface area contributed by atoms with Crippen LogP contribution < -0.4 is 4.72 Å². The van der Waals surface area contributed by atoms with Crippen molar-refractivity contribution in [2.75, 3.05) is 18.8 Å². The van der Waals surface area contributed by atoms with Gasteiger partial charge in [-0.25, -0.2) is 26.6 Å². The number of amides is 3. The van der Waals surface area contributed by atoms with Crippen molar-refractivity contribution in [3.8, 4) is 0 Å². The summed E-state index contributed by atoms with van der Waals surface area (Å²) in [5, 5.41) is -1.66. The first-order valence-corrected chi connectivity index (χ1v) is 7.54. The molecule has 1 aliphatic heterocycles. The van der Waals surface area contributed by atoms with Crippen LogP contribution in [0, 0.1) is 11.6 Å². The van der Waals surface area contributed by atoms with E-state index in [1.165, 1.54) is 7.05 Å². The Balaban J connectivity index is 2.36. The Bertz CT molecular complexity index is 792. The fourth-order valence-electron chi connectivity index (χ4n) is 1.85. The minimum absolute atomic E-state index is 0.234. The molecule has 1 aromatic carbocycles. The molecule has 1 heterocycles. The van der Waals surface area contributed by atoms with Crippen LogP contribution in [0.15, 0.2) is 18.2 Å². The lowest BCUT2D eigenvalue weighted by atomic mass is 10.3. The first-order valence-electron chi connectivity index (χ1n) is 5.99. The standard InChI is InChI=1S/C12H12F2N3O4S/c1-16-6-10(11(18)17(2)12(16)19)22(20,21)15-7-3-4-8(13)9(14)5-7/h3-6,10,15H,1-2H3/q+1. The van der Waals surface area contributed by atoms with E-state index in [1.54, 1.807) is 0 Å². The summed E-state index contributed by atoms with van der Waals surface area (Å²) >= 11 is 0. The number of nitrogens with one attached hydrogen (secondary N) is 1. The van der Waals surface area contributed by atoms with Crippen LogP contribution in [0.4, 0.5) is 19.3 Å². The van der Waals surface area contributed by atoms with Gasteiger partial charge in [0.25, 0.3) is 10.0 Å². The Hall–Kier alpha value is -2.36. The van der Waals surface area contributed by atoms with E-state index < -0.39 is 38.8 Å². The Morgan fingerprint density at radius 1 is 1.23 bits per heavy atom. The van der Waals surface area contributed by atoms with E-state index in [2.05, 4.69) is 0 Å². The molecule has 0 spiro atoms. The lowest BCUT2D eigenvalue weighted by Gasteiger charge is -2.20. The molecule has 0 aromatic heterocycles. The van der Waals surface area contributed by atoms with Crippen molar-refractivity contribution in [2.45, 2.75) is 5.25 Å². The van der Waals surface area contributed by atoms with Crippen LogP contribution in [-0.2, 0) is 14.8 Å². The number of benzene rings is 1. The molecule has 0 aliphatic carbocycles. The lowest BCUT2D eigenvalue weighted by Crippen LogP contribution is -2.54. The second-order valence-corrected chi connectivity index (χ2v) is 6.44. The number of imide groups is 1. The topological polar surface area (TPSA) is 86.6 Å². The summed E-state index contributed by atoms with van der Waals surface area (Å²) < 4.78 is 53.3.